The summed E-state index contributed by atoms with van der Waals surface area (Å²) in [6.07, 6.45) is 3.14. The first kappa shape index (κ1) is 16.6. The summed E-state index contributed by atoms with van der Waals surface area (Å²) in [5.74, 6) is -0.230. The molecule has 114 valence electrons. The van der Waals surface area contributed by atoms with E-state index >= 15 is 0 Å². The average molecular weight is 371 g/mol. The summed E-state index contributed by atoms with van der Waals surface area (Å²) in [4.78, 5) is 5.99. The highest BCUT2D eigenvalue weighted by atomic mass is 79.9. The van der Waals surface area contributed by atoms with Gasteiger partial charge in [-0.1, -0.05) is 36.2 Å². The molecule has 1 aromatic carbocycles. The third kappa shape index (κ3) is 4.34. The number of thiazole rings is 1. The quantitative estimate of drug-likeness (QED) is 0.680. The van der Waals surface area contributed by atoms with E-state index in [1.54, 1.807) is 23.5 Å². The Kier molecular flexibility index (Phi) is 6.33. The van der Waals surface area contributed by atoms with Crippen molar-refractivity contribution in [1.82, 2.24) is 10.3 Å². The van der Waals surface area contributed by atoms with Crippen LogP contribution in [-0.4, -0.2) is 11.5 Å². The normalized spacial score (nSPS) is 11.0. The van der Waals surface area contributed by atoms with Crippen molar-refractivity contribution in [2.24, 2.45) is 0 Å². The Hall–Kier alpha value is -0.780. The second kappa shape index (κ2) is 8.01. The topological polar surface area (TPSA) is 24.9 Å². The Balaban J connectivity index is 2.31. The van der Waals surface area contributed by atoms with Gasteiger partial charge in [0, 0.05) is 21.5 Å². The van der Waals surface area contributed by atoms with Crippen LogP contribution in [0.15, 0.2) is 22.7 Å². The van der Waals surface area contributed by atoms with Crippen molar-refractivity contribution in [2.45, 2.75) is 39.7 Å². The van der Waals surface area contributed by atoms with Gasteiger partial charge in [-0.05, 0) is 37.6 Å². The van der Waals surface area contributed by atoms with Gasteiger partial charge in [-0.2, -0.15) is 0 Å². The number of nitrogens with one attached hydrogen (secondary N) is 1. The first-order chi connectivity index (χ1) is 10.2. The van der Waals surface area contributed by atoms with Crippen LogP contribution in [0, 0.1) is 5.82 Å². The largest absolute Gasteiger partial charge is 0.312 e. The highest BCUT2D eigenvalue weighted by Gasteiger charge is 2.14. The second-order valence-corrected chi connectivity index (χ2v) is 6.88. The first-order valence-electron chi connectivity index (χ1n) is 7.30. The molecular weight excluding hydrogens is 351 g/mol. The van der Waals surface area contributed by atoms with Crippen molar-refractivity contribution >= 4 is 27.3 Å². The molecule has 0 unspecified atom stereocenters. The number of benzene rings is 1. The van der Waals surface area contributed by atoms with Gasteiger partial charge >= 0.3 is 0 Å². The van der Waals surface area contributed by atoms with Gasteiger partial charge in [-0.3, -0.25) is 0 Å². The molecular formula is C16H20BrFN2S. The van der Waals surface area contributed by atoms with Gasteiger partial charge in [0.25, 0.3) is 0 Å². The van der Waals surface area contributed by atoms with Gasteiger partial charge < -0.3 is 5.32 Å². The lowest BCUT2D eigenvalue weighted by atomic mass is 10.2. The lowest BCUT2D eigenvalue weighted by Crippen LogP contribution is -2.13. The Morgan fingerprint density at radius 1 is 1.29 bits per heavy atom. The van der Waals surface area contributed by atoms with Crippen LogP contribution in [0.3, 0.4) is 0 Å². The molecule has 0 aliphatic rings. The van der Waals surface area contributed by atoms with Gasteiger partial charge in [0.05, 0.1) is 5.69 Å². The van der Waals surface area contributed by atoms with Gasteiger partial charge in [0.15, 0.2) is 0 Å². The van der Waals surface area contributed by atoms with Crippen molar-refractivity contribution in [3.63, 3.8) is 0 Å². The van der Waals surface area contributed by atoms with Gasteiger partial charge in [0.2, 0.25) is 0 Å². The SMILES string of the molecule is CCCNCc1sc(-c2cc(F)ccc2Br)nc1CCC. The molecule has 1 aromatic heterocycles. The number of hydrogen-bond donors (Lipinski definition) is 1. The predicted molar refractivity (Wildman–Crippen MR) is 91.2 cm³/mol. The third-order valence-electron chi connectivity index (χ3n) is 3.14. The minimum absolute atomic E-state index is 0.230. The lowest BCUT2D eigenvalue weighted by Gasteiger charge is -2.02. The van der Waals surface area contributed by atoms with Crippen LogP contribution >= 0.6 is 27.3 Å². The fourth-order valence-electron chi connectivity index (χ4n) is 2.11. The lowest BCUT2D eigenvalue weighted by molar-refractivity contribution is 0.628. The summed E-state index contributed by atoms with van der Waals surface area (Å²) in [6.45, 7) is 6.15. The van der Waals surface area contributed by atoms with Crippen molar-refractivity contribution in [1.29, 1.82) is 0 Å². The summed E-state index contributed by atoms with van der Waals surface area (Å²) in [5, 5.41) is 4.31. The molecule has 1 heterocycles. The van der Waals surface area contributed by atoms with E-state index < -0.39 is 0 Å². The third-order valence-corrected chi connectivity index (χ3v) is 4.96. The van der Waals surface area contributed by atoms with E-state index in [4.69, 9.17) is 4.98 Å². The molecule has 0 aliphatic carbocycles. The number of rotatable bonds is 7. The van der Waals surface area contributed by atoms with E-state index in [9.17, 15) is 4.39 Å². The molecule has 0 radical (unpaired) electrons. The maximum absolute atomic E-state index is 13.5. The summed E-state index contributed by atoms with van der Waals surface area (Å²) in [5.41, 5.74) is 1.97. The summed E-state index contributed by atoms with van der Waals surface area (Å²) >= 11 is 5.14. The minimum Gasteiger partial charge on any atom is -0.312 e. The number of halogens is 2. The molecule has 0 saturated carbocycles. The van der Waals surface area contributed by atoms with Crippen molar-refractivity contribution in [3.8, 4) is 10.6 Å². The molecule has 0 atom stereocenters. The van der Waals surface area contributed by atoms with Crippen molar-refractivity contribution in [3.05, 3.63) is 39.1 Å². The van der Waals surface area contributed by atoms with Crippen LogP contribution in [0.1, 0.15) is 37.3 Å². The standard InChI is InChI=1S/C16H20BrFN2S/c1-3-5-14-15(10-19-8-4-2)21-16(20-14)12-9-11(18)6-7-13(12)17/h6-7,9,19H,3-5,8,10H2,1-2H3. The maximum atomic E-state index is 13.5. The van der Waals surface area contributed by atoms with Gasteiger partial charge in [0.1, 0.15) is 10.8 Å². The summed E-state index contributed by atoms with van der Waals surface area (Å²) in [6, 6.07) is 4.74. The van der Waals surface area contributed by atoms with Crippen molar-refractivity contribution in [2.75, 3.05) is 6.54 Å². The highest BCUT2D eigenvalue weighted by Crippen LogP contribution is 2.34. The predicted octanol–water partition coefficient (Wildman–Crippen LogP) is 5.16. The van der Waals surface area contributed by atoms with E-state index in [1.165, 1.54) is 10.9 Å². The van der Waals surface area contributed by atoms with Crippen LogP contribution < -0.4 is 5.32 Å². The van der Waals surface area contributed by atoms with Crippen LogP contribution in [0.2, 0.25) is 0 Å². The molecule has 5 heteroatoms. The van der Waals surface area contributed by atoms with E-state index in [1.807, 2.05) is 0 Å². The number of aromatic nitrogens is 1. The smallest absolute Gasteiger partial charge is 0.125 e. The van der Waals surface area contributed by atoms with E-state index in [0.29, 0.717) is 0 Å². The summed E-state index contributed by atoms with van der Waals surface area (Å²) in [7, 11) is 0. The molecule has 2 nitrogen and oxygen atoms in total. The zero-order chi connectivity index (χ0) is 15.2. The van der Waals surface area contributed by atoms with E-state index in [-0.39, 0.29) is 5.82 Å². The Morgan fingerprint density at radius 3 is 2.81 bits per heavy atom. The fraction of sp³-hybridized carbons (Fsp3) is 0.438. The average Bonchev–Trinajstić information content (AvgIpc) is 2.85. The molecule has 1 N–H and O–H groups in total. The molecule has 2 aromatic rings. The molecule has 0 amide bonds. The maximum Gasteiger partial charge on any atom is 0.125 e. The zero-order valence-corrected chi connectivity index (χ0v) is 14.8. The van der Waals surface area contributed by atoms with Crippen molar-refractivity contribution < 1.29 is 4.39 Å². The number of hydrogen-bond acceptors (Lipinski definition) is 3. The van der Waals surface area contributed by atoms with Crippen LogP contribution in [-0.2, 0) is 13.0 Å². The first-order valence-corrected chi connectivity index (χ1v) is 8.91. The molecule has 2 rings (SSSR count). The second-order valence-electron chi connectivity index (χ2n) is 4.94. The van der Waals surface area contributed by atoms with Crippen LogP contribution in [0.5, 0.6) is 0 Å². The van der Waals surface area contributed by atoms with Crippen LogP contribution in [0.25, 0.3) is 10.6 Å². The molecule has 0 aliphatic heterocycles. The van der Waals surface area contributed by atoms with Gasteiger partial charge in [-0.25, -0.2) is 9.37 Å². The minimum atomic E-state index is -0.230. The molecule has 0 bridgehead atoms. The monoisotopic (exact) mass is 370 g/mol. The molecule has 0 saturated heterocycles. The molecule has 21 heavy (non-hydrogen) atoms. The van der Waals surface area contributed by atoms with E-state index in [0.717, 1.165) is 53.1 Å². The van der Waals surface area contributed by atoms with E-state index in [2.05, 4.69) is 35.1 Å². The molecule has 0 spiro atoms. The Labute approximate surface area is 137 Å². The Morgan fingerprint density at radius 2 is 2.10 bits per heavy atom. The highest BCUT2D eigenvalue weighted by molar-refractivity contribution is 9.10. The number of aryl methyl sites for hydroxylation is 1. The zero-order valence-electron chi connectivity index (χ0n) is 12.4. The van der Waals surface area contributed by atoms with Crippen LogP contribution in [0.4, 0.5) is 4.39 Å². The summed E-state index contributed by atoms with van der Waals surface area (Å²) < 4.78 is 14.4. The molecule has 0 fully saturated rings. The Bertz CT molecular complexity index is 598. The number of nitrogens with zero attached hydrogens (tertiary/aromatic N) is 1. The fourth-order valence-corrected chi connectivity index (χ4v) is 3.78. The van der Waals surface area contributed by atoms with Gasteiger partial charge in [-0.15, -0.1) is 11.3 Å².